The van der Waals surface area contributed by atoms with Crippen LogP contribution in [0.4, 0.5) is 0 Å². The van der Waals surface area contributed by atoms with Crippen LogP contribution in [0.15, 0.2) is 55.0 Å². The summed E-state index contributed by atoms with van der Waals surface area (Å²) in [6.45, 7) is 0. The molecule has 4 nitrogen and oxygen atoms in total. The Bertz CT molecular complexity index is 734. The molecule has 0 fully saturated rings. The molecular formula is C16H14N2O2. The zero-order valence-electron chi connectivity index (χ0n) is 10.8. The first-order valence-corrected chi connectivity index (χ1v) is 6.43. The van der Waals surface area contributed by atoms with Gasteiger partial charge in [0.15, 0.2) is 0 Å². The van der Waals surface area contributed by atoms with E-state index in [2.05, 4.69) is 9.97 Å². The highest BCUT2D eigenvalue weighted by Crippen LogP contribution is 2.32. The highest BCUT2D eigenvalue weighted by Gasteiger charge is 2.20. The van der Waals surface area contributed by atoms with E-state index in [0.29, 0.717) is 0 Å². The van der Waals surface area contributed by atoms with Gasteiger partial charge in [-0.15, -0.1) is 0 Å². The maximum absolute atomic E-state index is 11.2. The van der Waals surface area contributed by atoms with E-state index in [1.165, 1.54) is 0 Å². The predicted octanol–water partition coefficient (Wildman–Crippen LogP) is 3.17. The number of aromatic amines is 1. The molecule has 0 bridgehead atoms. The molecule has 1 unspecified atom stereocenters. The molecule has 0 saturated heterocycles. The topological polar surface area (TPSA) is 66.0 Å². The second-order valence-electron chi connectivity index (χ2n) is 4.73. The summed E-state index contributed by atoms with van der Waals surface area (Å²) < 4.78 is 0. The Kier molecular flexibility index (Phi) is 3.21. The Morgan fingerprint density at radius 2 is 2.05 bits per heavy atom. The van der Waals surface area contributed by atoms with Crippen LogP contribution >= 0.6 is 0 Å². The van der Waals surface area contributed by atoms with E-state index in [1.807, 2.05) is 42.6 Å². The minimum Gasteiger partial charge on any atom is -0.481 e. The summed E-state index contributed by atoms with van der Waals surface area (Å²) in [5, 5.41) is 10.2. The highest BCUT2D eigenvalue weighted by atomic mass is 16.4. The van der Waals surface area contributed by atoms with Gasteiger partial charge >= 0.3 is 5.97 Å². The van der Waals surface area contributed by atoms with Gasteiger partial charge in [-0.2, -0.15) is 0 Å². The molecule has 0 spiro atoms. The molecule has 1 aromatic carbocycles. The van der Waals surface area contributed by atoms with Crippen LogP contribution in [0, 0.1) is 0 Å². The van der Waals surface area contributed by atoms with Gasteiger partial charge in [-0.05, 0) is 17.2 Å². The minimum atomic E-state index is -0.803. The van der Waals surface area contributed by atoms with Crippen LogP contribution in [0.25, 0.3) is 10.9 Å². The lowest BCUT2D eigenvalue weighted by atomic mass is 9.88. The van der Waals surface area contributed by atoms with E-state index in [1.54, 1.807) is 12.4 Å². The van der Waals surface area contributed by atoms with Gasteiger partial charge in [0.05, 0.1) is 18.1 Å². The number of carbonyl (C=O) groups is 1. The van der Waals surface area contributed by atoms with Crippen LogP contribution in [-0.4, -0.2) is 21.0 Å². The van der Waals surface area contributed by atoms with Crippen molar-refractivity contribution in [2.24, 2.45) is 0 Å². The fourth-order valence-electron chi connectivity index (χ4n) is 2.55. The van der Waals surface area contributed by atoms with Crippen molar-refractivity contribution in [3.05, 3.63) is 66.1 Å². The number of hydrogen-bond donors (Lipinski definition) is 2. The Morgan fingerprint density at radius 3 is 2.80 bits per heavy atom. The number of hydrogen-bond acceptors (Lipinski definition) is 2. The van der Waals surface area contributed by atoms with Gasteiger partial charge in [-0.25, -0.2) is 0 Å². The van der Waals surface area contributed by atoms with E-state index in [0.717, 1.165) is 22.0 Å². The first-order valence-electron chi connectivity index (χ1n) is 6.43. The molecule has 0 saturated carbocycles. The van der Waals surface area contributed by atoms with Crippen LogP contribution in [0.1, 0.15) is 23.5 Å². The normalized spacial score (nSPS) is 12.4. The fourth-order valence-corrected chi connectivity index (χ4v) is 2.55. The zero-order chi connectivity index (χ0) is 13.9. The lowest BCUT2D eigenvalue weighted by Gasteiger charge is -2.14. The summed E-state index contributed by atoms with van der Waals surface area (Å²) in [7, 11) is 0. The van der Waals surface area contributed by atoms with Gasteiger partial charge < -0.3 is 10.1 Å². The lowest BCUT2D eigenvalue weighted by Crippen LogP contribution is -2.07. The molecular weight excluding hydrogens is 252 g/mol. The predicted molar refractivity (Wildman–Crippen MR) is 76.6 cm³/mol. The molecule has 3 aromatic rings. The number of carboxylic acid groups (broad SMARTS) is 1. The Morgan fingerprint density at radius 1 is 1.25 bits per heavy atom. The Balaban J connectivity index is 2.12. The lowest BCUT2D eigenvalue weighted by molar-refractivity contribution is -0.137. The van der Waals surface area contributed by atoms with E-state index in [4.69, 9.17) is 0 Å². The number of carboxylic acids is 1. The van der Waals surface area contributed by atoms with E-state index in [-0.39, 0.29) is 12.3 Å². The third kappa shape index (κ3) is 2.28. The van der Waals surface area contributed by atoms with Gasteiger partial charge in [-0.1, -0.05) is 30.3 Å². The van der Waals surface area contributed by atoms with Crippen molar-refractivity contribution in [2.75, 3.05) is 0 Å². The van der Waals surface area contributed by atoms with Crippen LogP contribution in [-0.2, 0) is 4.79 Å². The van der Waals surface area contributed by atoms with E-state index in [9.17, 15) is 9.90 Å². The molecule has 0 amide bonds. The molecule has 100 valence electrons. The summed E-state index contributed by atoms with van der Waals surface area (Å²) >= 11 is 0. The van der Waals surface area contributed by atoms with Crippen molar-refractivity contribution in [2.45, 2.75) is 12.3 Å². The summed E-state index contributed by atoms with van der Waals surface area (Å²) in [4.78, 5) is 18.4. The average molecular weight is 266 g/mol. The number of aromatic nitrogens is 2. The van der Waals surface area contributed by atoms with Crippen molar-refractivity contribution in [1.29, 1.82) is 0 Å². The number of rotatable bonds is 4. The van der Waals surface area contributed by atoms with Crippen LogP contribution in [0.5, 0.6) is 0 Å². The molecule has 20 heavy (non-hydrogen) atoms. The van der Waals surface area contributed by atoms with Gasteiger partial charge in [0, 0.05) is 23.7 Å². The molecule has 1 atom stereocenters. The standard InChI is InChI=1S/C16H14N2O2/c19-16(20)8-13(11-4-2-1-3-5-11)14-9-18-15-10-17-7-6-12(14)15/h1-7,9-10,13,18H,8H2,(H,19,20). The monoisotopic (exact) mass is 266 g/mol. The summed E-state index contributed by atoms with van der Waals surface area (Å²) in [6, 6.07) is 11.6. The van der Waals surface area contributed by atoms with Gasteiger partial charge in [0.2, 0.25) is 0 Å². The number of nitrogens with zero attached hydrogens (tertiary/aromatic N) is 1. The molecule has 4 heteroatoms. The summed E-state index contributed by atoms with van der Waals surface area (Å²) in [5.74, 6) is -0.966. The van der Waals surface area contributed by atoms with Crippen LogP contribution in [0.3, 0.4) is 0 Å². The van der Waals surface area contributed by atoms with Crippen molar-refractivity contribution >= 4 is 16.9 Å². The second-order valence-corrected chi connectivity index (χ2v) is 4.73. The number of aliphatic carboxylic acids is 1. The molecule has 0 radical (unpaired) electrons. The van der Waals surface area contributed by atoms with Gasteiger partial charge in [0.1, 0.15) is 0 Å². The Hall–Kier alpha value is -2.62. The number of H-pyrrole nitrogens is 1. The van der Waals surface area contributed by atoms with Crippen molar-refractivity contribution in [1.82, 2.24) is 9.97 Å². The van der Waals surface area contributed by atoms with Crippen LogP contribution in [0.2, 0.25) is 0 Å². The Labute approximate surface area is 116 Å². The quantitative estimate of drug-likeness (QED) is 0.762. The molecule has 3 rings (SSSR count). The number of benzene rings is 1. The van der Waals surface area contributed by atoms with E-state index < -0.39 is 5.97 Å². The summed E-state index contributed by atoms with van der Waals surface area (Å²) in [5.41, 5.74) is 2.93. The molecule has 2 heterocycles. The molecule has 2 N–H and O–H groups in total. The molecule has 0 aliphatic carbocycles. The first-order chi connectivity index (χ1) is 9.75. The van der Waals surface area contributed by atoms with Crippen molar-refractivity contribution < 1.29 is 9.90 Å². The summed E-state index contributed by atoms with van der Waals surface area (Å²) in [6.07, 6.45) is 5.43. The van der Waals surface area contributed by atoms with E-state index >= 15 is 0 Å². The molecule has 0 aliphatic rings. The number of pyridine rings is 1. The fraction of sp³-hybridized carbons (Fsp3) is 0.125. The second kappa shape index (κ2) is 5.17. The van der Waals surface area contributed by atoms with Gasteiger partial charge in [0.25, 0.3) is 0 Å². The first kappa shape index (κ1) is 12.4. The van der Waals surface area contributed by atoms with Crippen molar-refractivity contribution in [3.8, 4) is 0 Å². The minimum absolute atomic E-state index is 0.0687. The SMILES string of the molecule is O=C(O)CC(c1ccccc1)c1c[nH]c2cnccc12. The van der Waals surface area contributed by atoms with Crippen molar-refractivity contribution in [3.63, 3.8) is 0 Å². The highest BCUT2D eigenvalue weighted by molar-refractivity contribution is 5.84. The zero-order valence-corrected chi connectivity index (χ0v) is 10.8. The largest absolute Gasteiger partial charge is 0.481 e. The smallest absolute Gasteiger partial charge is 0.304 e. The number of nitrogens with one attached hydrogen (secondary N) is 1. The molecule has 0 aliphatic heterocycles. The third-order valence-electron chi connectivity index (χ3n) is 3.47. The molecule has 2 aromatic heterocycles. The number of fused-ring (bicyclic) bond motifs is 1. The third-order valence-corrected chi connectivity index (χ3v) is 3.47. The average Bonchev–Trinajstić information content (AvgIpc) is 2.89. The maximum atomic E-state index is 11.2. The van der Waals surface area contributed by atoms with Gasteiger partial charge in [-0.3, -0.25) is 9.78 Å². The maximum Gasteiger partial charge on any atom is 0.304 e. The van der Waals surface area contributed by atoms with Crippen LogP contribution < -0.4 is 0 Å².